The highest BCUT2D eigenvalue weighted by atomic mass is 16.5. The van der Waals surface area contributed by atoms with Gasteiger partial charge in [0.25, 0.3) is 0 Å². The summed E-state index contributed by atoms with van der Waals surface area (Å²) in [6, 6.07) is 1.89. The molecule has 0 amide bonds. The van der Waals surface area contributed by atoms with Crippen molar-refractivity contribution >= 4 is 11.8 Å². The van der Waals surface area contributed by atoms with Gasteiger partial charge in [0, 0.05) is 18.7 Å². The summed E-state index contributed by atoms with van der Waals surface area (Å²) in [6.07, 6.45) is 1.54. The Morgan fingerprint density at radius 2 is 2.05 bits per heavy atom. The molecule has 0 fully saturated rings. The monoisotopic (exact) mass is 267 g/mol. The van der Waals surface area contributed by atoms with Crippen LogP contribution in [0.15, 0.2) is 12.4 Å². The van der Waals surface area contributed by atoms with Crippen LogP contribution in [-0.4, -0.2) is 39.7 Å². The van der Waals surface area contributed by atoms with Crippen molar-refractivity contribution < 1.29 is 14.6 Å². The Labute approximate surface area is 113 Å². The van der Waals surface area contributed by atoms with Gasteiger partial charge in [0.05, 0.1) is 12.5 Å². The molecule has 0 aliphatic heterocycles. The van der Waals surface area contributed by atoms with Crippen molar-refractivity contribution in [2.45, 2.75) is 46.3 Å². The summed E-state index contributed by atoms with van der Waals surface area (Å²) >= 11 is 0. The zero-order valence-corrected chi connectivity index (χ0v) is 11.8. The number of rotatable bonds is 7. The van der Waals surface area contributed by atoms with E-state index < -0.39 is 5.97 Å². The molecule has 0 atom stereocenters. The molecule has 106 valence electrons. The molecule has 0 radical (unpaired) electrons. The van der Waals surface area contributed by atoms with E-state index in [1.54, 1.807) is 6.07 Å². The van der Waals surface area contributed by atoms with Crippen LogP contribution in [0.1, 0.15) is 34.1 Å². The first-order valence-corrected chi connectivity index (χ1v) is 6.37. The molecule has 0 saturated heterocycles. The van der Waals surface area contributed by atoms with Crippen LogP contribution in [0.5, 0.6) is 5.88 Å². The van der Waals surface area contributed by atoms with E-state index in [9.17, 15) is 4.79 Å². The van der Waals surface area contributed by atoms with Gasteiger partial charge in [0.1, 0.15) is 12.1 Å². The number of ether oxygens (including phenoxy) is 1. The summed E-state index contributed by atoms with van der Waals surface area (Å²) in [7, 11) is 0. The van der Waals surface area contributed by atoms with Crippen LogP contribution in [0.2, 0.25) is 0 Å². The van der Waals surface area contributed by atoms with Crippen LogP contribution in [0.3, 0.4) is 0 Å². The third-order valence-electron chi connectivity index (χ3n) is 2.47. The summed E-state index contributed by atoms with van der Waals surface area (Å²) in [6.45, 7) is 8.24. The molecule has 1 heterocycles. The molecule has 1 aromatic rings. The molecule has 0 saturated carbocycles. The van der Waals surface area contributed by atoms with Crippen molar-refractivity contribution in [3.05, 3.63) is 12.4 Å². The largest absolute Gasteiger partial charge is 0.481 e. The number of aliphatic carboxylic acids is 1. The lowest BCUT2D eigenvalue weighted by atomic mass is 10.2. The molecule has 0 aliphatic rings. The number of hydrogen-bond acceptors (Lipinski definition) is 5. The fourth-order valence-electron chi connectivity index (χ4n) is 1.65. The quantitative estimate of drug-likeness (QED) is 0.813. The predicted molar refractivity (Wildman–Crippen MR) is 72.5 cm³/mol. The average molecular weight is 267 g/mol. The number of carbonyl (C=O) groups is 1. The van der Waals surface area contributed by atoms with Crippen LogP contribution in [0.4, 0.5) is 5.82 Å². The van der Waals surface area contributed by atoms with Crippen molar-refractivity contribution in [1.82, 2.24) is 9.97 Å². The van der Waals surface area contributed by atoms with Crippen LogP contribution in [-0.2, 0) is 4.79 Å². The maximum Gasteiger partial charge on any atom is 0.305 e. The van der Waals surface area contributed by atoms with E-state index in [4.69, 9.17) is 9.84 Å². The first-order chi connectivity index (χ1) is 8.90. The normalized spacial score (nSPS) is 10.8. The molecular formula is C13H21N3O3. The summed E-state index contributed by atoms with van der Waals surface area (Å²) in [5.74, 6) is 0.362. The molecule has 0 unspecified atom stereocenters. The van der Waals surface area contributed by atoms with Crippen LogP contribution in [0, 0.1) is 0 Å². The van der Waals surface area contributed by atoms with E-state index in [0.29, 0.717) is 18.2 Å². The summed E-state index contributed by atoms with van der Waals surface area (Å²) in [5.41, 5.74) is 0. The standard InChI is InChI=1S/C13H21N3O3/c1-9(2)16(6-5-13(17)18)11-7-12(15-8-14-11)19-10(3)4/h7-10H,5-6H2,1-4H3,(H,17,18). The zero-order chi connectivity index (χ0) is 14.4. The summed E-state index contributed by atoms with van der Waals surface area (Å²) < 4.78 is 5.52. The van der Waals surface area contributed by atoms with Gasteiger partial charge in [-0.3, -0.25) is 4.79 Å². The molecule has 0 bridgehead atoms. The van der Waals surface area contributed by atoms with Gasteiger partial charge in [-0.15, -0.1) is 0 Å². The highest BCUT2D eigenvalue weighted by Gasteiger charge is 2.14. The Balaban J connectivity index is 2.86. The van der Waals surface area contributed by atoms with Gasteiger partial charge in [0.2, 0.25) is 5.88 Å². The van der Waals surface area contributed by atoms with Crippen LogP contribution >= 0.6 is 0 Å². The van der Waals surface area contributed by atoms with Gasteiger partial charge in [-0.1, -0.05) is 0 Å². The van der Waals surface area contributed by atoms with Crippen LogP contribution in [0.25, 0.3) is 0 Å². The van der Waals surface area contributed by atoms with E-state index in [0.717, 1.165) is 0 Å². The first kappa shape index (κ1) is 15.2. The van der Waals surface area contributed by atoms with E-state index in [1.807, 2.05) is 32.6 Å². The fraction of sp³-hybridized carbons (Fsp3) is 0.615. The SMILES string of the molecule is CC(C)Oc1cc(N(CCC(=O)O)C(C)C)ncn1. The predicted octanol–water partition coefficient (Wildman–Crippen LogP) is 1.95. The Morgan fingerprint density at radius 1 is 1.37 bits per heavy atom. The lowest BCUT2D eigenvalue weighted by Gasteiger charge is -2.27. The van der Waals surface area contributed by atoms with Gasteiger partial charge in [-0.2, -0.15) is 0 Å². The van der Waals surface area contributed by atoms with E-state index >= 15 is 0 Å². The molecule has 6 nitrogen and oxygen atoms in total. The van der Waals surface area contributed by atoms with E-state index in [1.165, 1.54) is 6.33 Å². The maximum atomic E-state index is 10.7. The molecule has 6 heteroatoms. The van der Waals surface area contributed by atoms with Crippen molar-refractivity contribution in [3.63, 3.8) is 0 Å². The number of carboxylic acids is 1. The van der Waals surface area contributed by atoms with Crippen molar-refractivity contribution in [2.75, 3.05) is 11.4 Å². The number of aromatic nitrogens is 2. The Hall–Kier alpha value is -1.85. The van der Waals surface area contributed by atoms with Gasteiger partial charge in [-0.25, -0.2) is 9.97 Å². The average Bonchev–Trinajstić information content (AvgIpc) is 2.27. The van der Waals surface area contributed by atoms with Crippen LogP contribution < -0.4 is 9.64 Å². The summed E-state index contributed by atoms with van der Waals surface area (Å²) in [5, 5.41) is 8.78. The second kappa shape index (κ2) is 6.92. The van der Waals surface area contributed by atoms with Crippen molar-refractivity contribution in [2.24, 2.45) is 0 Å². The minimum Gasteiger partial charge on any atom is -0.481 e. The zero-order valence-electron chi connectivity index (χ0n) is 11.8. The smallest absolute Gasteiger partial charge is 0.305 e. The number of carboxylic acid groups (broad SMARTS) is 1. The van der Waals surface area contributed by atoms with Crippen molar-refractivity contribution in [3.8, 4) is 5.88 Å². The maximum absolute atomic E-state index is 10.7. The topological polar surface area (TPSA) is 75.5 Å². The van der Waals surface area contributed by atoms with Gasteiger partial charge in [0.15, 0.2) is 0 Å². The minimum absolute atomic E-state index is 0.0364. The van der Waals surface area contributed by atoms with Gasteiger partial charge in [-0.05, 0) is 27.7 Å². The molecule has 0 spiro atoms. The first-order valence-electron chi connectivity index (χ1n) is 6.37. The number of anilines is 1. The molecular weight excluding hydrogens is 246 g/mol. The molecule has 19 heavy (non-hydrogen) atoms. The Kier molecular flexibility index (Phi) is 5.54. The van der Waals surface area contributed by atoms with E-state index in [2.05, 4.69) is 9.97 Å². The molecule has 1 rings (SSSR count). The fourth-order valence-corrected chi connectivity index (χ4v) is 1.65. The highest BCUT2D eigenvalue weighted by molar-refractivity contribution is 5.67. The highest BCUT2D eigenvalue weighted by Crippen LogP contribution is 2.19. The second-order valence-electron chi connectivity index (χ2n) is 4.81. The molecule has 1 N–H and O–H groups in total. The van der Waals surface area contributed by atoms with Gasteiger partial charge >= 0.3 is 5.97 Å². The molecule has 1 aromatic heterocycles. The number of hydrogen-bond donors (Lipinski definition) is 1. The van der Waals surface area contributed by atoms with E-state index in [-0.39, 0.29) is 18.6 Å². The lowest BCUT2D eigenvalue weighted by Crippen LogP contribution is -2.33. The summed E-state index contributed by atoms with van der Waals surface area (Å²) in [4.78, 5) is 20.8. The number of nitrogens with zero attached hydrogens (tertiary/aromatic N) is 3. The lowest BCUT2D eigenvalue weighted by molar-refractivity contribution is -0.136. The van der Waals surface area contributed by atoms with Gasteiger partial charge < -0.3 is 14.7 Å². The Morgan fingerprint density at radius 3 is 2.58 bits per heavy atom. The third kappa shape index (κ3) is 5.11. The minimum atomic E-state index is -0.821. The molecule has 0 aliphatic carbocycles. The molecule has 0 aromatic carbocycles. The van der Waals surface area contributed by atoms with Crippen molar-refractivity contribution in [1.29, 1.82) is 0 Å². The Bertz CT molecular complexity index is 421. The second-order valence-corrected chi connectivity index (χ2v) is 4.81. The third-order valence-corrected chi connectivity index (χ3v) is 2.47.